The average molecular weight is 251 g/mol. The van der Waals surface area contributed by atoms with Gasteiger partial charge in [0.15, 0.2) is 0 Å². The van der Waals surface area contributed by atoms with Crippen molar-refractivity contribution in [2.45, 2.75) is 19.4 Å². The highest BCUT2D eigenvalue weighted by Crippen LogP contribution is 2.24. The monoisotopic (exact) mass is 251 g/mol. The molecule has 0 radical (unpaired) electrons. The Bertz CT molecular complexity index is 476. The molecule has 2 aromatic rings. The van der Waals surface area contributed by atoms with Crippen LogP contribution >= 0.6 is 0 Å². The van der Waals surface area contributed by atoms with Crippen molar-refractivity contribution in [2.75, 3.05) is 6.54 Å². The van der Waals surface area contributed by atoms with E-state index in [4.69, 9.17) is 4.42 Å². The van der Waals surface area contributed by atoms with Gasteiger partial charge in [0.2, 0.25) is 0 Å². The molecule has 0 spiro atoms. The van der Waals surface area contributed by atoms with Gasteiger partial charge < -0.3 is 9.73 Å². The Morgan fingerprint density at radius 2 is 1.89 bits per heavy atom. The highest BCUT2D eigenvalue weighted by atomic mass is 19.1. The Labute approximate surface area is 105 Å². The maximum atomic E-state index is 13.7. The third kappa shape index (κ3) is 2.76. The lowest BCUT2D eigenvalue weighted by atomic mass is 10.0. The summed E-state index contributed by atoms with van der Waals surface area (Å²) in [4.78, 5) is 0. The van der Waals surface area contributed by atoms with Gasteiger partial charge in [0.1, 0.15) is 17.4 Å². The van der Waals surface area contributed by atoms with E-state index in [9.17, 15) is 8.78 Å². The van der Waals surface area contributed by atoms with Crippen LogP contribution in [0, 0.1) is 11.6 Å². The SMILES string of the molecule is CCNC(Cc1ccco1)c1c(F)cccc1F. The molecule has 1 aromatic heterocycles. The second-order valence-corrected chi connectivity index (χ2v) is 4.03. The molecular weight excluding hydrogens is 236 g/mol. The van der Waals surface area contributed by atoms with Gasteiger partial charge in [-0.05, 0) is 30.8 Å². The second kappa shape index (κ2) is 5.78. The number of benzene rings is 1. The molecule has 0 saturated carbocycles. The zero-order valence-corrected chi connectivity index (χ0v) is 10.1. The van der Waals surface area contributed by atoms with Crippen LogP contribution < -0.4 is 5.32 Å². The smallest absolute Gasteiger partial charge is 0.130 e. The maximum absolute atomic E-state index is 13.7. The van der Waals surface area contributed by atoms with Gasteiger partial charge >= 0.3 is 0 Å². The normalized spacial score (nSPS) is 12.6. The van der Waals surface area contributed by atoms with Gasteiger partial charge in [0, 0.05) is 18.0 Å². The zero-order chi connectivity index (χ0) is 13.0. The van der Waals surface area contributed by atoms with Crippen molar-refractivity contribution < 1.29 is 13.2 Å². The molecule has 0 aliphatic carbocycles. The molecule has 1 aromatic carbocycles. The van der Waals surface area contributed by atoms with Gasteiger partial charge in [0.05, 0.1) is 6.26 Å². The summed E-state index contributed by atoms with van der Waals surface area (Å²) in [7, 11) is 0. The summed E-state index contributed by atoms with van der Waals surface area (Å²) in [6, 6.07) is 7.03. The van der Waals surface area contributed by atoms with E-state index in [0.29, 0.717) is 18.7 Å². The summed E-state index contributed by atoms with van der Waals surface area (Å²) in [5.74, 6) is -0.372. The molecule has 0 bridgehead atoms. The van der Waals surface area contributed by atoms with Gasteiger partial charge in [-0.2, -0.15) is 0 Å². The van der Waals surface area contributed by atoms with Crippen LogP contribution in [-0.4, -0.2) is 6.54 Å². The number of furan rings is 1. The molecule has 1 heterocycles. The van der Waals surface area contributed by atoms with Gasteiger partial charge in [0.25, 0.3) is 0 Å². The molecule has 1 N–H and O–H groups in total. The third-order valence-corrected chi connectivity index (χ3v) is 2.78. The predicted molar refractivity (Wildman–Crippen MR) is 65.2 cm³/mol. The molecule has 96 valence electrons. The van der Waals surface area contributed by atoms with E-state index < -0.39 is 17.7 Å². The number of likely N-dealkylation sites (N-methyl/N-ethyl adjacent to an activating group) is 1. The predicted octanol–water partition coefficient (Wildman–Crippen LogP) is 3.45. The minimum atomic E-state index is -0.535. The minimum Gasteiger partial charge on any atom is -0.469 e. The van der Waals surface area contributed by atoms with E-state index in [2.05, 4.69) is 5.32 Å². The Balaban J connectivity index is 2.29. The fourth-order valence-corrected chi connectivity index (χ4v) is 2.00. The Morgan fingerprint density at radius 1 is 1.17 bits per heavy atom. The highest BCUT2D eigenvalue weighted by Gasteiger charge is 2.20. The van der Waals surface area contributed by atoms with E-state index in [-0.39, 0.29) is 5.56 Å². The van der Waals surface area contributed by atoms with Gasteiger partial charge in [-0.1, -0.05) is 13.0 Å². The van der Waals surface area contributed by atoms with E-state index in [1.54, 1.807) is 18.4 Å². The molecule has 0 aliphatic heterocycles. The number of rotatable bonds is 5. The highest BCUT2D eigenvalue weighted by molar-refractivity contribution is 5.24. The molecule has 2 nitrogen and oxygen atoms in total. The molecule has 2 rings (SSSR count). The second-order valence-electron chi connectivity index (χ2n) is 4.03. The molecular formula is C14H15F2NO. The van der Waals surface area contributed by atoms with Crippen LogP contribution in [0.15, 0.2) is 41.0 Å². The fourth-order valence-electron chi connectivity index (χ4n) is 2.00. The first-order valence-corrected chi connectivity index (χ1v) is 5.92. The largest absolute Gasteiger partial charge is 0.469 e. The van der Waals surface area contributed by atoms with Crippen LogP contribution in [0.3, 0.4) is 0 Å². The Morgan fingerprint density at radius 3 is 2.44 bits per heavy atom. The van der Waals surface area contributed by atoms with Crippen LogP contribution in [0.4, 0.5) is 8.78 Å². The van der Waals surface area contributed by atoms with Crippen molar-refractivity contribution >= 4 is 0 Å². The zero-order valence-electron chi connectivity index (χ0n) is 10.1. The Hall–Kier alpha value is -1.68. The number of hydrogen-bond donors (Lipinski definition) is 1. The third-order valence-electron chi connectivity index (χ3n) is 2.78. The quantitative estimate of drug-likeness (QED) is 0.880. The van der Waals surface area contributed by atoms with Crippen molar-refractivity contribution in [2.24, 2.45) is 0 Å². The first-order valence-electron chi connectivity index (χ1n) is 5.92. The lowest BCUT2D eigenvalue weighted by Gasteiger charge is -2.18. The van der Waals surface area contributed by atoms with Crippen molar-refractivity contribution in [1.29, 1.82) is 0 Å². The molecule has 0 fully saturated rings. The number of hydrogen-bond acceptors (Lipinski definition) is 2. The van der Waals surface area contributed by atoms with E-state index in [0.717, 1.165) is 0 Å². The van der Waals surface area contributed by atoms with E-state index in [1.165, 1.54) is 18.2 Å². The number of halogens is 2. The summed E-state index contributed by atoms with van der Waals surface area (Å²) < 4.78 is 32.7. The van der Waals surface area contributed by atoms with Crippen LogP contribution in [0.2, 0.25) is 0 Å². The van der Waals surface area contributed by atoms with E-state index >= 15 is 0 Å². The lowest BCUT2D eigenvalue weighted by Crippen LogP contribution is -2.25. The van der Waals surface area contributed by atoms with Crippen molar-refractivity contribution in [1.82, 2.24) is 5.32 Å². The topological polar surface area (TPSA) is 25.2 Å². The van der Waals surface area contributed by atoms with Crippen LogP contribution in [0.5, 0.6) is 0 Å². The summed E-state index contributed by atoms with van der Waals surface area (Å²) in [5.41, 5.74) is 0.0655. The van der Waals surface area contributed by atoms with Crippen LogP contribution in [0.1, 0.15) is 24.3 Å². The first kappa shape index (κ1) is 12.8. The summed E-state index contributed by atoms with van der Waals surface area (Å²) in [5, 5.41) is 3.08. The molecule has 1 unspecified atom stereocenters. The maximum Gasteiger partial charge on any atom is 0.130 e. The van der Waals surface area contributed by atoms with Gasteiger partial charge in [-0.25, -0.2) is 8.78 Å². The van der Waals surface area contributed by atoms with Crippen LogP contribution in [0.25, 0.3) is 0 Å². The molecule has 18 heavy (non-hydrogen) atoms. The van der Waals surface area contributed by atoms with Gasteiger partial charge in [-0.3, -0.25) is 0 Å². The van der Waals surface area contributed by atoms with E-state index in [1.807, 2.05) is 6.92 Å². The summed E-state index contributed by atoms with van der Waals surface area (Å²) >= 11 is 0. The van der Waals surface area contributed by atoms with Crippen molar-refractivity contribution in [3.05, 3.63) is 59.6 Å². The lowest BCUT2D eigenvalue weighted by molar-refractivity contribution is 0.428. The molecule has 0 amide bonds. The van der Waals surface area contributed by atoms with Crippen molar-refractivity contribution in [3.63, 3.8) is 0 Å². The standard InChI is InChI=1S/C14H15F2NO/c1-2-17-13(9-10-5-4-8-18-10)14-11(15)6-3-7-12(14)16/h3-8,13,17H,2,9H2,1H3. The summed E-state index contributed by atoms with van der Waals surface area (Å²) in [6.07, 6.45) is 1.97. The fraction of sp³-hybridized carbons (Fsp3) is 0.286. The minimum absolute atomic E-state index is 0.0655. The van der Waals surface area contributed by atoms with Crippen LogP contribution in [-0.2, 0) is 6.42 Å². The van der Waals surface area contributed by atoms with Crippen molar-refractivity contribution in [3.8, 4) is 0 Å². The Kier molecular flexibility index (Phi) is 4.10. The molecule has 4 heteroatoms. The average Bonchev–Trinajstić information content (AvgIpc) is 2.82. The molecule has 1 atom stereocenters. The molecule has 0 saturated heterocycles. The number of nitrogens with one attached hydrogen (secondary N) is 1. The van der Waals surface area contributed by atoms with Gasteiger partial charge in [-0.15, -0.1) is 0 Å². The summed E-state index contributed by atoms with van der Waals surface area (Å²) in [6.45, 7) is 2.52. The first-order chi connectivity index (χ1) is 8.72. The molecule has 0 aliphatic rings.